The zero-order chi connectivity index (χ0) is 47.9. The van der Waals surface area contributed by atoms with Crippen molar-refractivity contribution in [3.05, 3.63) is 144 Å². The Hall–Kier alpha value is -7.48. The van der Waals surface area contributed by atoms with E-state index in [0.29, 0.717) is 23.0 Å². The fourth-order valence-electron chi connectivity index (χ4n) is 12.1. The van der Waals surface area contributed by atoms with Gasteiger partial charge in [0.2, 0.25) is 0 Å². The van der Waals surface area contributed by atoms with Gasteiger partial charge in [-0.05, 0) is 108 Å². The summed E-state index contributed by atoms with van der Waals surface area (Å²) in [6.07, 6.45) is 8.64. The Bertz CT molecular complexity index is 2840. The number of fused-ring (bicyclic) bond motifs is 4. The molecule has 4 aliphatic rings. The van der Waals surface area contributed by atoms with Gasteiger partial charge >= 0.3 is 12.2 Å². The van der Waals surface area contributed by atoms with Crippen LogP contribution < -0.4 is 10.6 Å². The largest absolute Gasteiger partial charge is 0.453 e. The molecule has 4 amide bonds. The standard InChI is InChI=1S/C56H58N8O6/c1-69-55(67)61-49(35-13-5-3-6-14-35)53(65)63-45-19-11-9-17-39(45)31-47(63)51-57-41-27-25-37(29-43(41)59-51)33-21-23-34(24-22-33)38-26-28-42-44(30-38)60-52(58-42)48-32-40-18-10-12-20-46(40)64(48)54(66)50(62-56(68)70-2)36-15-7-4-8-16-36/h3-8,13-16,21-30,39-40,45-50H,9-12,17-20,31-32H2,1-2H3,(H,57,59)(H,58,60)(H,61,67)(H,62,68)/t39-,40-,45-,46-,47+,48+,49-,50-/m1/s1. The molecule has 2 saturated heterocycles. The van der Waals surface area contributed by atoms with Crippen molar-refractivity contribution in [2.75, 3.05) is 14.2 Å². The first-order valence-corrected chi connectivity index (χ1v) is 24.8. The molecule has 2 aliphatic heterocycles. The van der Waals surface area contributed by atoms with E-state index in [4.69, 9.17) is 19.4 Å². The fraction of sp³-hybridized carbons (Fsp3) is 0.357. The van der Waals surface area contributed by atoms with Gasteiger partial charge in [-0.3, -0.25) is 9.59 Å². The molecular weight excluding hydrogens is 881 g/mol. The number of ether oxygens (including phenoxy) is 2. The third-order valence-electron chi connectivity index (χ3n) is 15.5. The Labute approximate surface area is 406 Å². The summed E-state index contributed by atoms with van der Waals surface area (Å²) in [4.78, 5) is 76.0. The Morgan fingerprint density at radius 2 is 0.914 bits per heavy atom. The molecule has 70 heavy (non-hydrogen) atoms. The number of methoxy groups -OCH3 is 2. The molecule has 5 aromatic carbocycles. The average molecular weight is 939 g/mol. The van der Waals surface area contributed by atoms with Crippen molar-refractivity contribution in [1.82, 2.24) is 40.4 Å². The van der Waals surface area contributed by atoms with E-state index in [2.05, 4.69) is 69.1 Å². The number of benzene rings is 5. The van der Waals surface area contributed by atoms with Crippen LogP contribution in [0.15, 0.2) is 121 Å². The number of aromatic nitrogens is 4. The molecule has 14 nitrogen and oxygen atoms in total. The minimum absolute atomic E-state index is 0.0596. The van der Waals surface area contributed by atoms with Crippen molar-refractivity contribution in [3.63, 3.8) is 0 Å². The van der Waals surface area contributed by atoms with Crippen LogP contribution in [-0.4, -0.2) is 80.0 Å². The van der Waals surface area contributed by atoms with Crippen LogP contribution >= 0.6 is 0 Å². The lowest BCUT2D eigenvalue weighted by Crippen LogP contribution is -2.47. The maximum Gasteiger partial charge on any atom is 0.407 e. The van der Waals surface area contributed by atoms with Gasteiger partial charge in [-0.2, -0.15) is 0 Å². The number of nitrogens with zero attached hydrogens (tertiary/aromatic N) is 4. The lowest BCUT2D eigenvalue weighted by atomic mass is 9.84. The molecule has 0 spiro atoms. The number of carbonyl (C=O) groups is 4. The van der Waals surface area contributed by atoms with Crippen molar-refractivity contribution >= 4 is 46.1 Å². The van der Waals surface area contributed by atoms with Gasteiger partial charge in [0.25, 0.3) is 11.8 Å². The summed E-state index contributed by atoms with van der Waals surface area (Å²) in [5.41, 5.74) is 9.03. The van der Waals surface area contributed by atoms with Gasteiger partial charge in [0.1, 0.15) is 23.7 Å². The molecule has 4 heterocycles. The summed E-state index contributed by atoms with van der Waals surface area (Å²) >= 11 is 0. The number of imidazole rings is 2. The topological polar surface area (TPSA) is 175 Å². The monoisotopic (exact) mass is 938 g/mol. The minimum Gasteiger partial charge on any atom is -0.453 e. The zero-order valence-corrected chi connectivity index (χ0v) is 39.5. The third-order valence-corrected chi connectivity index (χ3v) is 15.5. The van der Waals surface area contributed by atoms with E-state index in [-0.39, 0.29) is 36.0 Å². The first-order valence-electron chi connectivity index (χ1n) is 24.8. The quantitative estimate of drug-likeness (QED) is 0.105. The van der Waals surface area contributed by atoms with E-state index in [1.165, 1.54) is 14.2 Å². The lowest BCUT2D eigenvalue weighted by molar-refractivity contribution is -0.138. The highest BCUT2D eigenvalue weighted by atomic mass is 16.5. The van der Waals surface area contributed by atoms with Crippen LogP contribution in [0.3, 0.4) is 0 Å². The van der Waals surface area contributed by atoms with Gasteiger partial charge < -0.3 is 39.9 Å². The van der Waals surface area contributed by atoms with Crippen LogP contribution in [0.1, 0.15) is 111 Å². The Morgan fingerprint density at radius 1 is 0.529 bits per heavy atom. The second kappa shape index (κ2) is 19.1. The summed E-state index contributed by atoms with van der Waals surface area (Å²) in [6, 6.07) is 37.6. The van der Waals surface area contributed by atoms with Crippen LogP contribution in [0.4, 0.5) is 9.59 Å². The number of likely N-dealkylation sites (tertiary alicyclic amines) is 2. The number of hydrogen-bond donors (Lipinski definition) is 4. The average Bonchev–Trinajstić information content (AvgIpc) is 4.22. The van der Waals surface area contributed by atoms with E-state index in [1.807, 2.05) is 82.6 Å². The van der Waals surface area contributed by atoms with Crippen molar-refractivity contribution in [3.8, 4) is 22.3 Å². The highest BCUT2D eigenvalue weighted by molar-refractivity contribution is 5.90. The Kier molecular flexibility index (Phi) is 12.3. The Morgan fingerprint density at radius 3 is 1.31 bits per heavy atom. The second-order valence-electron chi connectivity index (χ2n) is 19.5. The van der Waals surface area contributed by atoms with Crippen molar-refractivity contribution in [2.45, 2.75) is 100 Å². The van der Waals surface area contributed by atoms with E-state index in [1.54, 1.807) is 0 Å². The molecule has 11 rings (SSSR count). The lowest BCUT2D eigenvalue weighted by Gasteiger charge is -2.36. The van der Waals surface area contributed by atoms with Crippen LogP contribution in [0.25, 0.3) is 44.3 Å². The molecule has 0 unspecified atom stereocenters. The molecule has 4 N–H and O–H groups in total. The Balaban J connectivity index is 0.840. The number of H-pyrrole nitrogens is 2. The second-order valence-corrected chi connectivity index (χ2v) is 19.5. The number of alkyl carbamates (subject to hydrolysis) is 2. The zero-order valence-electron chi connectivity index (χ0n) is 39.5. The van der Waals surface area contributed by atoms with Crippen LogP contribution in [0, 0.1) is 11.8 Å². The predicted molar refractivity (Wildman–Crippen MR) is 266 cm³/mol. The smallest absolute Gasteiger partial charge is 0.407 e. The van der Waals surface area contributed by atoms with E-state index < -0.39 is 24.3 Å². The molecule has 4 fully saturated rings. The summed E-state index contributed by atoms with van der Waals surface area (Å²) in [6.45, 7) is 0. The maximum atomic E-state index is 14.7. The van der Waals surface area contributed by atoms with E-state index >= 15 is 0 Å². The SMILES string of the molecule is COC(=O)N[C@@H](C(=O)N1[C@@H]2CCCC[C@@H]2C[C@H]1c1nc2ccc(-c3ccc(-c4ccc5nc([C@@H]6C[C@H]7CCCC[C@H]7N6C(=O)[C@H](NC(=O)OC)c6ccccc6)[nH]c5c4)cc3)cc2[nH]1)c1ccccc1. The molecule has 2 aliphatic carbocycles. The summed E-state index contributed by atoms with van der Waals surface area (Å²) in [5.74, 6) is 1.90. The maximum absolute atomic E-state index is 14.7. The minimum atomic E-state index is -0.892. The molecular formula is C56H58N8O6. The van der Waals surface area contributed by atoms with Gasteiger partial charge in [0.05, 0.1) is 48.4 Å². The van der Waals surface area contributed by atoms with Crippen molar-refractivity contribution in [1.29, 1.82) is 0 Å². The normalized spacial score (nSPS) is 22.8. The van der Waals surface area contributed by atoms with Crippen molar-refractivity contribution in [2.24, 2.45) is 11.8 Å². The summed E-state index contributed by atoms with van der Waals surface area (Å²) in [5, 5.41) is 5.65. The first-order chi connectivity index (χ1) is 34.2. The third kappa shape index (κ3) is 8.53. The van der Waals surface area contributed by atoms with Crippen molar-refractivity contribution < 1.29 is 28.7 Å². The number of rotatable bonds is 10. The van der Waals surface area contributed by atoms with E-state index in [0.717, 1.165) is 120 Å². The van der Waals surface area contributed by atoms with Gasteiger partial charge in [-0.1, -0.05) is 123 Å². The number of amides is 4. The van der Waals surface area contributed by atoms with E-state index in [9.17, 15) is 19.2 Å². The molecule has 14 heteroatoms. The summed E-state index contributed by atoms with van der Waals surface area (Å²) in [7, 11) is 2.62. The number of aromatic amines is 2. The number of carbonyl (C=O) groups excluding carboxylic acids is 4. The van der Waals surface area contributed by atoms with Crippen LogP contribution in [-0.2, 0) is 19.1 Å². The van der Waals surface area contributed by atoms with Crippen LogP contribution in [0.5, 0.6) is 0 Å². The molecule has 7 aromatic rings. The van der Waals surface area contributed by atoms with Gasteiger partial charge in [-0.25, -0.2) is 19.6 Å². The molecule has 358 valence electrons. The molecule has 0 radical (unpaired) electrons. The highest BCUT2D eigenvalue weighted by Gasteiger charge is 2.50. The summed E-state index contributed by atoms with van der Waals surface area (Å²) < 4.78 is 9.93. The van der Waals surface area contributed by atoms with Gasteiger partial charge in [-0.15, -0.1) is 0 Å². The molecule has 2 aromatic heterocycles. The van der Waals surface area contributed by atoms with Gasteiger partial charge in [0.15, 0.2) is 0 Å². The fourth-order valence-corrected chi connectivity index (χ4v) is 12.1. The number of nitrogens with one attached hydrogen (secondary N) is 4. The first kappa shape index (κ1) is 45.0. The van der Waals surface area contributed by atoms with Crippen LogP contribution in [0.2, 0.25) is 0 Å². The molecule has 0 bridgehead atoms. The molecule has 2 saturated carbocycles. The van der Waals surface area contributed by atoms with Gasteiger partial charge in [0, 0.05) is 12.1 Å². The molecule has 8 atom stereocenters. The highest BCUT2D eigenvalue weighted by Crippen LogP contribution is 2.49. The number of hydrogen-bond acceptors (Lipinski definition) is 8. The predicted octanol–water partition coefficient (Wildman–Crippen LogP) is 10.6.